The van der Waals surface area contributed by atoms with Gasteiger partial charge in [-0.2, -0.15) is 0 Å². The maximum atomic E-state index is 13.4. The van der Waals surface area contributed by atoms with Gasteiger partial charge in [0.25, 0.3) is 0 Å². The van der Waals surface area contributed by atoms with Gasteiger partial charge in [-0.05, 0) is 37.5 Å². The van der Waals surface area contributed by atoms with Crippen LogP contribution in [0.4, 0.5) is 5.69 Å². The van der Waals surface area contributed by atoms with Crippen LogP contribution in [-0.2, 0) is 16.0 Å². The van der Waals surface area contributed by atoms with Gasteiger partial charge in [-0.3, -0.25) is 4.79 Å². The molecule has 1 atom stereocenters. The maximum absolute atomic E-state index is 13.4. The van der Waals surface area contributed by atoms with Crippen LogP contribution in [0.15, 0.2) is 54.2 Å². The molecular formula is C22H23NO4. The minimum Gasteiger partial charge on any atom is -0.463 e. The average Bonchev–Trinajstić information content (AvgIpc) is 2.63. The minimum absolute atomic E-state index is 0.0533. The van der Waals surface area contributed by atoms with Gasteiger partial charge < -0.3 is 15.2 Å². The van der Waals surface area contributed by atoms with E-state index in [1.54, 1.807) is 6.92 Å². The van der Waals surface area contributed by atoms with Crippen molar-refractivity contribution in [3.8, 4) is 0 Å². The minimum atomic E-state index is -1.88. The Bertz CT molecular complexity index is 917. The first-order valence-electron chi connectivity index (χ1n) is 8.94. The number of esters is 1. The highest BCUT2D eigenvalue weighted by atomic mass is 16.5. The van der Waals surface area contributed by atoms with Crippen molar-refractivity contribution < 1.29 is 19.4 Å². The van der Waals surface area contributed by atoms with Crippen LogP contribution in [0.3, 0.4) is 0 Å². The molecule has 0 fully saturated rings. The summed E-state index contributed by atoms with van der Waals surface area (Å²) in [4.78, 5) is 25.4. The van der Waals surface area contributed by atoms with Crippen molar-refractivity contribution in [1.82, 2.24) is 0 Å². The van der Waals surface area contributed by atoms with Crippen molar-refractivity contribution in [2.75, 3.05) is 11.9 Å². The number of ketones is 1. The third kappa shape index (κ3) is 3.51. The van der Waals surface area contributed by atoms with Crippen LogP contribution in [0, 0.1) is 13.8 Å². The summed E-state index contributed by atoms with van der Waals surface area (Å²) in [6.45, 7) is 5.63. The van der Waals surface area contributed by atoms with Gasteiger partial charge in [-0.15, -0.1) is 0 Å². The van der Waals surface area contributed by atoms with Crippen LogP contribution in [0.2, 0.25) is 0 Å². The molecule has 1 unspecified atom stereocenters. The van der Waals surface area contributed by atoms with Crippen molar-refractivity contribution >= 4 is 17.4 Å². The molecule has 1 heterocycles. The van der Waals surface area contributed by atoms with Crippen molar-refractivity contribution in [2.24, 2.45) is 0 Å². The Kier molecular flexibility index (Phi) is 5.15. The Morgan fingerprint density at radius 2 is 1.81 bits per heavy atom. The second kappa shape index (κ2) is 7.37. The lowest BCUT2D eigenvalue weighted by molar-refractivity contribution is -0.137. The summed E-state index contributed by atoms with van der Waals surface area (Å²) in [5, 5.41) is 14.6. The van der Waals surface area contributed by atoms with Crippen LogP contribution in [0.25, 0.3) is 0 Å². The van der Waals surface area contributed by atoms with E-state index in [1.807, 2.05) is 56.3 Å². The summed E-state index contributed by atoms with van der Waals surface area (Å²) in [7, 11) is 0. The molecule has 0 amide bonds. The summed E-state index contributed by atoms with van der Waals surface area (Å²) >= 11 is 0. The second-order valence-corrected chi connectivity index (χ2v) is 6.74. The number of aryl methyl sites for hydroxylation is 2. The number of nitrogens with one attached hydrogen (secondary N) is 1. The molecule has 0 saturated carbocycles. The van der Waals surface area contributed by atoms with Crippen LogP contribution < -0.4 is 5.32 Å². The fraction of sp³-hybridized carbons (Fsp3) is 0.273. The van der Waals surface area contributed by atoms with Crippen molar-refractivity contribution in [2.45, 2.75) is 32.8 Å². The highest BCUT2D eigenvalue weighted by Gasteiger charge is 2.46. The van der Waals surface area contributed by atoms with E-state index in [4.69, 9.17) is 4.74 Å². The highest BCUT2D eigenvalue weighted by Crippen LogP contribution is 2.39. The zero-order valence-corrected chi connectivity index (χ0v) is 15.7. The van der Waals surface area contributed by atoms with Gasteiger partial charge >= 0.3 is 5.97 Å². The highest BCUT2D eigenvalue weighted by molar-refractivity contribution is 6.13. The van der Waals surface area contributed by atoms with Crippen LogP contribution in [-0.4, -0.2) is 29.1 Å². The molecular weight excluding hydrogens is 342 g/mol. The first kappa shape index (κ1) is 18.9. The molecule has 1 aliphatic rings. The molecule has 1 aliphatic heterocycles. The normalized spacial score (nSPS) is 20.1. The molecule has 2 aromatic carbocycles. The van der Waals surface area contributed by atoms with Gasteiger partial charge in [-0.25, -0.2) is 4.79 Å². The Morgan fingerprint density at radius 1 is 1.15 bits per heavy atom. The Balaban J connectivity index is 2.15. The number of fused-ring (bicyclic) bond motifs is 1. The number of ether oxygens (including phenoxy) is 1. The Morgan fingerprint density at radius 3 is 2.48 bits per heavy atom. The van der Waals surface area contributed by atoms with Gasteiger partial charge in [0, 0.05) is 18.1 Å². The quantitative estimate of drug-likeness (QED) is 0.642. The number of rotatable bonds is 4. The molecule has 0 aromatic heterocycles. The zero-order chi connectivity index (χ0) is 19.6. The summed E-state index contributed by atoms with van der Waals surface area (Å²) < 4.78 is 4.99. The van der Waals surface area contributed by atoms with E-state index in [2.05, 4.69) is 5.32 Å². The number of anilines is 1. The lowest BCUT2D eigenvalue weighted by Gasteiger charge is -2.37. The van der Waals surface area contributed by atoms with E-state index in [9.17, 15) is 14.7 Å². The SMILES string of the molecule is CCOC(=O)/C=C1\Nc2c(C)ccc(C)c2C(=O)C1(O)Cc1ccccc1. The van der Waals surface area contributed by atoms with Crippen molar-refractivity contribution in [1.29, 1.82) is 0 Å². The number of carbonyl (C=O) groups is 2. The third-order valence-electron chi connectivity index (χ3n) is 4.78. The van der Waals surface area contributed by atoms with Crippen LogP contribution in [0.1, 0.15) is 34.0 Å². The summed E-state index contributed by atoms with van der Waals surface area (Å²) in [6.07, 6.45) is 1.23. The van der Waals surface area contributed by atoms with E-state index in [-0.39, 0.29) is 18.7 Å². The van der Waals surface area contributed by atoms with E-state index >= 15 is 0 Å². The number of carbonyl (C=O) groups excluding carboxylic acids is 2. The van der Waals surface area contributed by atoms with Crippen LogP contribution in [0.5, 0.6) is 0 Å². The van der Waals surface area contributed by atoms with Crippen molar-refractivity contribution in [3.63, 3.8) is 0 Å². The topological polar surface area (TPSA) is 75.6 Å². The third-order valence-corrected chi connectivity index (χ3v) is 4.78. The molecule has 0 saturated heterocycles. The molecule has 5 nitrogen and oxygen atoms in total. The van der Waals surface area contributed by atoms with Gasteiger partial charge in [0.05, 0.1) is 18.0 Å². The standard InChI is InChI=1S/C22H23NO4/c1-4-27-18(24)12-17-22(26,13-16-8-6-5-7-9-16)21(25)19-14(2)10-11-15(3)20(19)23-17/h5-12,23,26H,4,13H2,1-3H3/b17-12-. The van der Waals surface area contributed by atoms with E-state index in [0.717, 1.165) is 16.7 Å². The number of Topliss-reactive ketones (excluding diaryl/α,β-unsaturated/α-hetero) is 1. The Hall–Kier alpha value is -2.92. The van der Waals surface area contributed by atoms with Gasteiger partial charge in [0.15, 0.2) is 5.60 Å². The maximum Gasteiger partial charge on any atom is 0.332 e. The van der Waals surface area contributed by atoms with Gasteiger partial charge in [0.1, 0.15) is 0 Å². The molecule has 5 heteroatoms. The molecule has 140 valence electrons. The Labute approximate surface area is 158 Å². The first-order chi connectivity index (χ1) is 12.9. The predicted octanol–water partition coefficient (Wildman–Crippen LogP) is 3.33. The second-order valence-electron chi connectivity index (χ2n) is 6.74. The molecule has 0 bridgehead atoms. The first-order valence-corrected chi connectivity index (χ1v) is 8.94. The molecule has 0 spiro atoms. The summed E-state index contributed by atoms with van der Waals surface area (Å²) in [5.74, 6) is -1.02. The predicted molar refractivity (Wildman–Crippen MR) is 104 cm³/mol. The summed E-state index contributed by atoms with van der Waals surface area (Å²) in [6, 6.07) is 13.0. The molecule has 0 radical (unpaired) electrons. The lowest BCUT2D eigenvalue weighted by Crippen LogP contribution is -2.49. The van der Waals surface area contributed by atoms with E-state index in [0.29, 0.717) is 11.3 Å². The van der Waals surface area contributed by atoms with E-state index < -0.39 is 17.4 Å². The fourth-order valence-electron chi connectivity index (χ4n) is 3.36. The van der Waals surface area contributed by atoms with Gasteiger partial charge in [-0.1, -0.05) is 42.5 Å². The summed E-state index contributed by atoms with van der Waals surface area (Å²) in [5.41, 5.74) is 1.76. The lowest BCUT2D eigenvalue weighted by atomic mass is 9.78. The molecule has 2 aromatic rings. The molecule has 0 aliphatic carbocycles. The zero-order valence-electron chi connectivity index (χ0n) is 15.7. The average molecular weight is 365 g/mol. The van der Waals surface area contributed by atoms with Crippen molar-refractivity contribution in [3.05, 3.63) is 76.5 Å². The number of hydrogen-bond donors (Lipinski definition) is 2. The van der Waals surface area contributed by atoms with Gasteiger partial charge in [0.2, 0.25) is 5.78 Å². The molecule has 27 heavy (non-hydrogen) atoms. The van der Waals surface area contributed by atoms with Crippen LogP contribution >= 0.6 is 0 Å². The number of hydrogen-bond acceptors (Lipinski definition) is 5. The smallest absolute Gasteiger partial charge is 0.332 e. The monoisotopic (exact) mass is 365 g/mol. The number of benzene rings is 2. The number of aliphatic hydroxyl groups is 1. The molecule has 2 N–H and O–H groups in total. The molecule has 3 rings (SSSR count). The van der Waals surface area contributed by atoms with E-state index in [1.165, 1.54) is 6.08 Å². The largest absolute Gasteiger partial charge is 0.463 e. The fourth-order valence-corrected chi connectivity index (χ4v) is 3.36.